The first-order chi connectivity index (χ1) is 9.40. The monoisotopic (exact) mass is 279 g/mol. The quantitative estimate of drug-likeness (QED) is 0.931. The molecule has 1 atom stereocenters. The van der Waals surface area contributed by atoms with Crippen LogP contribution in [0.25, 0.3) is 0 Å². The fourth-order valence-electron chi connectivity index (χ4n) is 2.46. The maximum atomic E-state index is 13.6. The van der Waals surface area contributed by atoms with E-state index >= 15 is 0 Å². The molecule has 0 fully saturated rings. The van der Waals surface area contributed by atoms with Crippen molar-refractivity contribution in [3.05, 3.63) is 52.3 Å². The first-order valence-corrected chi connectivity index (χ1v) is 6.57. The molecule has 0 aliphatic rings. The van der Waals surface area contributed by atoms with E-state index in [9.17, 15) is 8.78 Å². The summed E-state index contributed by atoms with van der Waals surface area (Å²) in [6.45, 7) is 6.21. The molecule has 0 saturated heterocycles. The van der Waals surface area contributed by atoms with E-state index in [0.717, 1.165) is 29.1 Å². The summed E-state index contributed by atoms with van der Waals surface area (Å²) in [5, 5.41) is 7.58. The Morgan fingerprint density at radius 3 is 2.60 bits per heavy atom. The van der Waals surface area contributed by atoms with Crippen LogP contribution in [0.4, 0.5) is 8.78 Å². The lowest BCUT2D eigenvalue weighted by molar-refractivity contribution is 0.532. The molecule has 5 heteroatoms. The number of rotatable bonds is 4. The Morgan fingerprint density at radius 2 is 2.00 bits per heavy atom. The van der Waals surface area contributed by atoms with Crippen LogP contribution in [0.5, 0.6) is 0 Å². The van der Waals surface area contributed by atoms with E-state index in [2.05, 4.69) is 10.4 Å². The normalized spacial score (nSPS) is 12.7. The largest absolute Gasteiger partial charge is 0.306 e. The molecule has 2 rings (SSSR count). The maximum Gasteiger partial charge on any atom is 0.127 e. The number of benzene rings is 1. The van der Waals surface area contributed by atoms with Crippen LogP contribution < -0.4 is 5.32 Å². The van der Waals surface area contributed by atoms with Crippen molar-refractivity contribution >= 4 is 0 Å². The minimum absolute atomic E-state index is 0.0198. The molecule has 1 N–H and O–H groups in total. The Morgan fingerprint density at radius 1 is 1.30 bits per heavy atom. The van der Waals surface area contributed by atoms with Gasteiger partial charge < -0.3 is 5.32 Å². The molecule has 1 aromatic carbocycles. The van der Waals surface area contributed by atoms with E-state index in [1.165, 1.54) is 6.07 Å². The fraction of sp³-hybridized carbons (Fsp3) is 0.400. The topological polar surface area (TPSA) is 29.9 Å². The molecule has 0 saturated carbocycles. The number of nitrogens with zero attached hydrogens (tertiary/aromatic N) is 2. The molecule has 0 bridgehead atoms. The predicted molar refractivity (Wildman–Crippen MR) is 74.3 cm³/mol. The van der Waals surface area contributed by atoms with Crippen LogP contribution in [0, 0.1) is 25.5 Å². The van der Waals surface area contributed by atoms with Gasteiger partial charge in [-0.05, 0) is 39.0 Å². The Labute approximate surface area is 117 Å². The molecule has 2 aromatic rings. The van der Waals surface area contributed by atoms with Crippen molar-refractivity contribution in [2.75, 3.05) is 0 Å². The number of aromatic nitrogens is 2. The van der Waals surface area contributed by atoms with Crippen molar-refractivity contribution in [2.24, 2.45) is 7.05 Å². The zero-order chi connectivity index (χ0) is 14.9. The lowest BCUT2D eigenvalue weighted by Gasteiger charge is -2.15. The molecule has 1 heterocycles. The van der Waals surface area contributed by atoms with Crippen LogP contribution in [0.15, 0.2) is 18.2 Å². The summed E-state index contributed by atoms with van der Waals surface area (Å²) >= 11 is 0. The van der Waals surface area contributed by atoms with Gasteiger partial charge in [-0.3, -0.25) is 4.68 Å². The Kier molecular flexibility index (Phi) is 4.18. The van der Waals surface area contributed by atoms with Gasteiger partial charge in [0.2, 0.25) is 0 Å². The van der Waals surface area contributed by atoms with E-state index in [4.69, 9.17) is 0 Å². The van der Waals surface area contributed by atoms with Crippen LogP contribution in [-0.4, -0.2) is 9.78 Å². The van der Waals surface area contributed by atoms with E-state index in [1.54, 1.807) is 0 Å². The lowest BCUT2D eigenvalue weighted by Crippen LogP contribution is -2.20. The molecule has 0 aliphatic heterocycles. The third-order valence-corrected chi connectivity index (χ3v) is 3.60. The van der Waals surface area contributed by atoms with Gasteiger partial charge in [0.1, 0.15) is 11.6 Å². The van der Waals surface area contributed by atoms with Crippen molar-refractivity contribution in [1.82, 2.24) is 15.1 Å². The van der Waals surface area contributed by atoms with Gasteiger partial charge in [-0.2, -0.15) is 5.10 Å². The molecule has 20 heavy (non-hydrogen) atoms. The smallest absolute Gasteiger partial charge is 0.127 e. The van der Waals surface area contributed by atoms with Crippen LogP contribution >= 0.6 is 0 Å². The van der Waals surface area contributed by atoms with Gasteiger partial charge in [0.25, 0.3) is 0 Å². The molecule has 0 amide bonds. The van der Waals surface area contributed by atoms with Gasteiger partial charge in [-0.25, -0.2) is 8.78 Å². The van der Waals surface area contributed by atoms with Crippen molar-refractivity contribution < 1.29 is 8.78 Å². The van der Waals surface area contributed by atoms with E-state index in [-0.39, 0.29) is 12.6 Å². The summed E-state index contributed by atoms with van der Waals surface area (Å²) in [7, 11) is 1.89. The molecule has 1 aromatic heterocycles. The summed E-state index contributed by atoms with van der Waals surface area (Å²) in [5.74, 6) is -0.824. The SMILES string of the molecule is Cc1nn(C)c(C)c1C(C)NCc1cc(F)ccc1F. The summed E-state index contributed by atoms with van der Waals surface area (Å²) < 4.78 is 28.5. The highest BCUT2D eigenvalue weighted by Gasteiger charge is 2.16. The molecular formula is C15H19F2N3. The fourth-order valence-corrected chi connectivity index (χ4v) is 2.46. The second kappa shape index (κ2) is 5.71. The highest BCUT2D eigenvalue weighted by Crippen LogP contribution is 2.21. The highest BCUT2D eigenvalue weighted by molar-refractivity contribution is 5.28. The minimum atomic E-state index is -0.426. The number of halogens is 2. The van der Waals surface area contributed by atoms with Crippen LogP contribution in [0.1, 0.15) is 35.5 Å². The van der Waals surface area contributed by atoms with Crippen LogP contribution in [0.3, 0.4) is 0 Å². The third kappa shape index (κ3) is 2.88. The Bertz CT molecular complexity index is 620. The zero-order valence-corrected chi connectivity index (χ0v) is 12.2. The van der Waals surface area contributed by atoms with E-state index < -0.39 is 11.6 Å². The second-order valence-electron chi connectivity index (χ2n) is 5.05. The van der Waals surface area contributed by atoms with Gasteiger partial charge >= 0.3 is 0 Å². The van der Waals surface area contributed by atoms with Gasteiger partial charge in [-0.1, -0.05) is 0 Å². The highest BCUT2D eigenvalue weighted by atomic mass is 19.1. The molecular weight excluding hydrogens is 260 g/mol. The van der Waals surface area contributed by atoms with Crippen LogP contribution in [-0.2, 0) is 13.6 Å². The molecule has 3 nitrogen and oxygen atoms in total. The first-order valence-electron chi connectivity index (χ1n) is 6.57. The van der Waals surface area contributed by atoms with Crippen LogP contribution in [0.2, 0.25) is 0 Å². The molecule has 1 unspecified atom stereocenters. The summed E-state index contributed by atoms with van der Waals surface area (Å²) in [6.07, 6.45) is 0. The second-order valence-corrected chi connectivity index (χ2v) is 5.05. The van der Waals surface area contributed by atoms with Gasteiger partial charge in [-0.15, -0.1) is 0 Å². The minimum Gasteiger partial charge on any atom is -0.306 e. The number of aryl methyl sites for hydroxylation is 2. The van der Waals surface area contributed by atoms with Gasteiger partial charge in [0.15, 0.2) is 0 Å². The standard InChI is InChI=1S/C15H19F2N3/c1-9(15-10(2)19-20(4)11(15)3)18-8-12-7-13(16)5-6-14(12)17/h5-7,9,18H,8H2,1-4H3. The van der Waals surface area contributed by atoms with Crippen molar-refractivity contribution in [2.45, 2.75) is 33.4 Å². The lowest BCUT2D eigenvalue weighted by atomic mass is 10.1. The molecule has 0 spiro atoms. The van der Waals surface area contributed by atoms with E-state index in [0.29, 0.717) is 5.56 Å². The predicted octanol–water partition coefficient (Wildman–Crippen LogP) is 3.17. The van der Waals surface area contributed by atoms with Gasteiger partial charge in [0, 0.05) is 36.5 Å². The molecule has 0 radical (unpaired) electrons. The van der Waals surface area contributed by atoms with Gasteiger partial charge in [0.05, 0.1) is 5.69 Å². The molecule has 0 aliphatic carbocycles. The molecule has 108 valence electrons. The number of hydrogen-bond donors (Lipinski definition) is 1. The average Bonchev–Trinajstić information content (AvgIpc) is 2.64. The zero-order valence-electron chi connectivity index (χ0n) is 12.2. The van der Waals surface area contributed by atoms with Crippen molar-refractivity contribution in [3.8, 4) is 0 Å². The Balaban J connectivity index is 2.12. The van der Waals surface area contributed by atoms with Crippen molar-refractivity contribution in [1.29, 1.82) is 0 Å². The van der Waals surface area contributed by atoms with Crippen molar-refractivity contribution in [3.63, 3.8) is 0 Å². The van der Waals surface area contributed by atoms with E-state index in [1.807, 2.05) is 32.5 Å². The number of nitrogens with one attached hydrogen (secondary N) is 1. The maximum absolute atomic E-state index is 13.6. The third-order valence-electron chi connectivity index (χ3n) is 3.60. The summed E-state index contributed by atoms with van der Waals surface area (Å²) in [5.41, 5.74) is 3.45. The average molecular weight is 279 g/mol. The summed E-state index contributed by atoms with van der Waals surface area (Å²) in [4.78, 5) is 0. The number of hydrogen-bond acceptors (Lipinski definition) is 2. The Hall–Kier alpha value is -1.75. The summed E-state index contributed by atoms with van der Waals surface area (Å²) in [6, 6.07) is 3.51. The first kappa shape index (κ1) is 14.7.